The molecule has 0 aliphatic rings. The highest BCUT2D eigenvalue weighted by atomic mass is 16.5. The lowest BCUT2D eigenvalue weighted by molar-refractivity contribution is 0.0938. The first-order valence-electron chi connectivity index (χ1n) is 13.0. The quantitative estimate of drug-likeness (QED) is 0.312. The van der Waals surface area contributed by atoms with Crippen LogP contribution in [0.1, 0.15) is 54.3 Å². The summed E-state index contributed by atoms with van der Waals surface area (Å²) in [6.07, 6.45) is 5.84. The summed E-state index contributed by atoms with van der Waals surface area (Å²) in [7, 11) is 5.91. The molecular weight excluding hydrogens is 476 g/mol. The number of aromatic nitrogens is 4. The Morgan fingerprint density at radius 3 is 2.47 bits per heavy atom. The van der Waals surface area contributed by atoms with Crippen LogP contribution in [-0.4, -0.2) is 57.6 Å². The van der Waals surface area contributed by atoms with Crippen LogP contribution in [-0.2, 0) is 7.05 Å². The van der Waals surface area contributed by atoms with Crippen LogP contribution >= 0.6 is 0 Å². The fourth-order valence-electron chi connectivity index (χ4n) is 4.21. The van der Waals surface area contributed by atoms with Crippen molar-refractivity contribution in [3.8, 4) is 28.1 Å². The fraction of sp³-hybridized carbons (Fsp3) is 0.367. The zero-order chi connectivity index (χ0) is 27.4. The number of carbonyl (C=O) groups excluding carboxylic acids is 1. The van der Waals surface area contributed by atoms with Gasteiger partial charge in [0.05, 0.1) is 17.9 Å². The van der Waals surface area contributed by atoms with E-state index in [2.05, 4.69) is 47.4 Å². The Labute approximate surface area is 225 Å². The van der Waals surface area contributed by atoms with Crippen molar-refractivity contribution in [3.05, 3.63) is 77.7 Å². The second kappa shape index (κ2) is 11.6. The van der Waals surface area contributed by atoms with Gasteiger partial charge in [-0.15, -0.1) is 0 Å². The molecule has 0 aliphatic heterocycles. The summed E-state index contributed by atoms with van der Waals surface area (Å²) in [4.78, 5) is 15.4. The molecule has 2 aromatic carbocycles. The number of aryl methyl sites for hydroxylation is 2. The van der Waals surface area contributed by atoms with Gasteiger partial charge in [-0.05, 0) is 94.9 Å². The third-order valence-corrected chi connectivity index (χ3v) is 6.54. The van der Waals surface area contributed by atoms with E-state index in [4.69, 9.17) is 9.84 Å². The number of nitrogens with zero attached hydrogens (tertiary/aromatic N) is 5. The second-order valence-corrected chi connectivity index (χ2v) is 10.3. The molecule has 2 aromatic heterocycles. The van der Waals surface area contributed by atoms with Crippen molar-refractivity contribution in [1.29, 1.82) is 0 Å². The minimum Gasteiger partial charge on any atom is -0.492 e. The monoisotopic (exact) mass is 514 g/mol. The molecule has 1 amide bonds. The molecule has 200 valence electrons. The van der Waals surface area contributed by atoms with Crippen LogP contribution in [0.2, 0.25) is 0 Å². The number of nitrogens with one attached hydrogen (secondary N) is 1. The van der Waals surface area contributed by atoms with Gasteiger partial charge in [0, 0.05) is 48.7 Å². The molecule has 0 spiro atoms. The van der Waals surface area contributed by atoms with Crippen LogP contribution in [0.15, 0.2) is 61.1 Å². The molecule has 0 radical (unpaired) electrons. The SMILES string of the molecule is Cc1ccc(OCCN(C)C)cc1C(=O)N[C@H](C)c1cc(-c2cnn(C)c2)cc(-c2ccn(C(C)C)n2)c1. The van der Waals surface area contributed by atoms with E-state index in [0.29, 0.717) is 17.9 Å². The Kier molecular flexibility index (Phi) is 8.32. The minimum atomic E-state index is -0.234. The van der Waals surface area contributed by atoms with Crippen LogP contribution in [0.4, 0.5) is 0 Å². The Morgan fingerprint density at radius 2 is 1.82 bits per heavy atom. The summed E-state index contributed by atoms with van der Waals surface area (Å²) in [6, 6.07) is 14.1. The third-order valence-electron chi connectivity index (χ3n) is 6.54. The molecule has 0 fully saturated rings. The first-order valence-corrected chi connectivity index (χ1v) is 13.0. The molecule has 38 heavy (non-hydrogen) atoms. The smallest absolute Gasteiger partial charge is 0.252 e. The van der Waals surface area contributed by atoms with Gasteiger partial charge in [-0.25, -0.2) is 0 Å². The van der Waals surface area contributed by atoms with E-state index in [1.54, 1.807) is 4.68 Å². The lowest BCUT2D eigenvalue weighted by Crippen LogP contribution is -2.27. The maximum absolute atomic E-state index is 13.4. The number of benzene rings is 2. The lowest BCUT2D eigenvalue weighted by atomic mass is 9.96. The van der Waals surface area contributed by atoms with Gasteiger partial charge in [0.15, 0.2) is 0 Å². The van der Waals surface area contributed by atoms with Crippen LogP contribution < -0.4 is 10.1 Å². The summed E-state index contributed by atoms with van der Waals surface area (Å²) in [5, 5.41) is 12.3. The van der Waals surface area contributed by atoms with Gasteiger partial charge in [-0.3, -0.25) is 14.2 Å². The maximum Gasteiger partial charge on any atom is 0.252 e. The van der Waals surface area contributed by atoms with Crippen LogP contribution in [0, 0.1) is 6.92 Å². The number of rotatable bonds is 10. The van der Waals surface area contributed by atoms with Crippen LogP contribution in [0.3, 0.4) is 0 Å². The van der Waals surface area contributed by atoms with Gasteiger partial charge in [-0.2, -0.15) is 10.2 Å². The van der Waals surface area contributed by atoms with E-state index < -0.39 is 0 Å². The van der Waals surface area contributed by atoms with Crippen molar-refractivity contribution in [2.24, 2.45) is 7.05 Å². The van der Waals surface area contributed by atoms with Gasteiger partial charge in [0.2, 0.25) is 0 Å². The van der Waals surface area contributed by atoms with Gasteiger partial charge in [-0.1, -0.05) is 6.07 Å². The molecule has 0 saturated carbocycles. The molecule has 2 heterocycles. The Morgan fingerprint density at radius 1 is 1.05 bits per heavy atom. The predicted molar refractivity (Wildman–Crippen MR) is 151 cm³/mol. The highest BCUT2D eigenvalue weighted by Gasteiger charge is 2.17. The third kappa shape index (κ3) is 6.50. The van der Waals surface area contributed by atoms with Gasteiger partial charge in [0.25, 0.3) is 5.91 Å². The molecule has 1 N–H and O–H groups in total. The summed E-state index contributed by atoms with van der Waals surface area (Å²) in [5.41, 5.74) is 6.42. The normalized spacial score (nSPS) is 12.2. The summed E-state index contributed by atoms with van der Waals surface area (Å²) < 4.78 is 9.60. The van der Waals surface area contributed by atoms with Gasteiger partial charge in [0.1, 0.15) is 12.4 Å². The molecule has 8 heteroatoms. The Hall–Kier alpha value is -3.91. The number of hydrogen-bond donors (Lipinski definition) is 1. The zero-order valence-electron chi connectivity index (χ0n) is 23.4. The van der Waals surface area contributed by atoms with E-state index in [1.807, 2.05) is 82.5 Å². The van der Waals surface area contributed by atoms with E-state index in [0.717, 1.165) is 40.1 Å². The number of likely N-dealkylation sites (N-methyl/N-ethyl adjacent to an activating group) is 1. The highest BCUT2D eigenvalue weighted by Crippen LogP contribution is 2.30. The van der Waals surface area contributed by atoms with Crippen molar-refractivity contribution in [1.82, 2.24) is 29.8 Å². The van der Waals surface area contributed by atoms with E-state index in [-0.39, 0.29) is 18.0 Å². The van der Waals surface area contributed by atoms with Gasteiger partial charge < -0.3 is 15.0 Å². The number of amides is 1. The highest BCUT2D eigenvalue weighted by molar-refractivity contribution is 5.96. The maximum atomic E-state index is 13.4. The first kappa shape index (κ1) is 27.1. The largest absolute Gasteiger partial charge is 0.492 e. The Bertz CT molecular complexity index is 1400. The average Bonchev–Trinajstić information content (AvgIpc) is 3.54. The standard InChI is InChI=1S/C30H38N6O2/c1-20(2)36-11-10-29(33-36)25-15-23(14-24(16-25)26-18-31-35(7)19-26)22(4)32-30(37)28-17-27(9-8-21(28)3)38-13-12-34(5)6/h8-11,14-20,22H,12-13H2,1-7H3,(H,32,37)/t22-/m1/s1. The average molecular weight is 515 g/mol. The minimum absolute atomic E-state index is 0.134. The number of carbonyl (C=O) groups is 1. The van der Waals surface area contributed by atoms with E-state index >= 15 is 0 Å². The molecule has 1 atom stereocenters. The van der Waals surface area contributed by atoms with Crippen molar-refractivity contribution < 1.29 is 9.53 Å². The molecule has 0 aliphatic carbocycles. The molecule has 0 bridgehead atoms. The fourth-order valence-corrected chi connectivity index (χ4v) is 4.21. The summed E-state index contributed by atoms with van der Waals surface area (Å²) in [5.74, 6) is 0.558. The predicted octanol–water partition coefficient (Wildman–Crippen LogP) is 5.27. The first-order chi connectivity index (χ1) is 18.1. The number of hydrogen-bond acceptors (Lipinski definition) is 5. The lowest BCUT2D eigenvalue weighted by Gasteiger charge is -2.18. The zero-order valence-corrected chi connectivity index (χ0v) is 23.4. The molecule has 0 saturated heterocycles. The van der Waals surface area contributed by atoms with Crippen LogP contribution in [0.5, 0.6) is 5.75 Å². The topological polar surface area (TPSA) is 77.2 Å². The second-order valence-electron chi connectivity index (χ2n) is 10.3. The molecule has 4 aromatic rings. The van der Waals surface area contributed by atoms with Crippen molar-refractivity contribution in [2.45, 2.75) is 39.8 Å². The Balaban J connectivity index is 1.61. The summed E-state index contributed by atoms with van der Waals surface area (Å²) in [6.45, 7) is 9.52. The molecule has 8 nitrogen and oxygen atoms in total. The van der Waals surface area contributed by atoms with Crippen LogP contribution in [0.25, 0.3) is 22.4 Å². The summed E-state index contributed by atoms with van der Waals surface area (Å²) >= 11 is 0. The molecular formula is C30H38N6O2. The molecule has 4 rings (SSSR count). The van der Waals surface area contributed by atoms with E-state index in [1.165, 1.54) is 0 Å². The van der Waals surface area contributed by atoms with Crippen molar-refractivity contribution in [3.63, 3.8) is 0 Å². The van der Waals surface area contributed by atoms with Crippen molar-refractivity contribution >= 4 is 5.91 Å². The van der Waals surface area contributed by atoms with Crippen molar-refractivity contribution in [2.75, 3.05) is 27.2 Å². The number of ether oxygens (including phenoxy) is 1. The van der Waals surface area contributed by atoms with Gasteiger partial charge >= 0.3 is 0 Å². The molecule has 0 unspecified atom stereocenters. The van der Waals surface area contributed by atoms with E-state index in [9.17, 15) is 4.79 Å².